The molecule has 0 aliphatic carbocycles. The fourth-order valence-corrected chi connectivity index (χ4v) is 2.88. The Hall–Kier alpha value is -1.10. The van der Waals surface area contributed by atoms with Crippen LogP contribution in [0.2, 0.25) is 0 Å². The highest BCUT2D eigenvalue weighted by Crippen LogP contribution is 2.27. The molecule has 2 rings (SSSR count). The van der Waals surface area contributed by atoms with E-state index in [9.17, 15) is 4.79 Å². The van der Waals surface area contributed by atoms with Gasteiger partial charge in [0.1, 0.15) is 0 Å². The van der Waals surface area contributed by atoms with E-state index >= 15 is 0 Å². The number of likely N-dealkylation sites (tertiary alicyclic amines) is 1. The number of rotatable bonds is 3. The highest BCUT2D eigenvalue weighted by molar-refractivity contribution is 5.93. The van der Waals surface area contributed by atoms with E-state index in [1.54, 1.807) is 0 Å². The van der Waals surface area contributed by atoms with Crippen LogP contribution >= 0.6 is 12.4 Å². The van der Waals surface area contributed by atoms with Crippen molar-refractivity contribution in [1.29, 1.82) is 0 Å². The van der Waals surface area contributed by atoms with Crippen molar-refractivity contribution in [3.05, 3.63) is 29.3 Å². The number of halogens is 1. The van der Waals surface area contributed by atoms with Crippen molar-refractivity contribution < 1.29 is 4.79 Å². The van der Waals surface area contributed by atoms with Crippen LogP contribution in [0.4, 0.5) is 5.69 Å². The van der Waals surface area contributed by atoms with Crippen molar-refractivity contribution in [3.8, 4) is 0 Å². The van der Waals surface area contributed by atoms with Gasteiger partial charge in [-0.25, -0.2) is 0 Å². The van der Waals surface area contributed by atoms with Crippen LogP contribution < -0.4 is 11.1 Å². The van der Waals surface area contributed by atoms with Gasteiger partial charge in [-0.3, -0.25) is 9.69 Å². The Kier molecular flexibility index (Phi) is 6.41. The second kappa shape index (κ2) is 7.44. The SMILES string of the molecule is Cc1ccc(C)c(NC(=O)CN2CCC(N)C(C)(C)C2)c1.Cl. The molecule has 1 aliphatic heterocycles. The van der Waals surface area contributed by atoms with Crippen LogP contribution in [0.25, 0.3) is 0 Å². The quantitative estimate of drug-likeness (QED) is 0.898. The van der Waals surface area contributed by atoms with Crippen LogP contribution in [0.1, 0.15) is 31.4 Å². The summed E-state index contributed by atoms with van der Waals surface area (Å²) in [5.74, 6) is 0.0509. The van der Waals surface area contributed by atoms with Crippen LogP contribution in [-0.2, 0) is 4.79 Å². The van der Waals surface area contributed by atoms with Gasteiger partial charge in [-0.1, -0.05) is 26.0 Å². The molecule has 1 saturated heterocycles. The van der Waals surface area contributed by atoms with E-state index in [-0.39, 0.29) is 29.8 Å². The summed E-state index contributed by atoms with van der Waals surface area (Å²) in [5.41, 5.74) is 9.36. The molecular formula is C17H28ClN3O. The lowest BCUT2D eigenvalue weighted by Crippen LogP contribution is -2.53. The number of benzene rings is 1. The minimum atomic E-state index is 0. The second-order valence-corrected chi connectivity index (χ2v) is 6.96. The maximum Gasteiger partial charge on any atom is 0.238 e. The van der Waals surface area contributed by atoms with Gasteiger partial charge in [0.2, 0.25) is 5.91 Å². The second-order valence-electron chi connectivity index (χ2n) is 6.96. The molecule has 1 aliphatic rings. The largest absolute Gasteiger partial charge is 0.327 e. The topological polar surface area (TPSA) is 58.4 Å². The molecule has 0 radical (unpaired) electrons. The van der Waals surface area contributed by atoms with E-state index in [1.165, 1.54) is 0 Å². The van der Waals surface area contributed by atoms with E-state index < -0.39 is 0 Å². The maximum atomic E-state index is 12.3. The molecule has 124 valence electrons. The zero-order valence-electron chi connectivity index (χ0n) is 14.0. The summed E-state index contributed by atoms with van der Waals surface area (Å²) in [6, 6.07) is 6.33. The van der Waals surface area contributed by atoms with E-state index in [0.717, 1.165) is 36.3 Å². The number of piperidine rings is 1. The average Bonchev–Trinajstić information content (AvgIpc) is 2.38. The predicted octanol–water partition coefficient (Wildman–Crippen LogP) is 2.72. The summed E-state index contributed by atoms with van der Waals surface area (Å²) in [6.45, 7) is 10.6. The molecule has 0 bridgehead atoms. The van der Waals surface area contributed by atoms with Crippen molar-refractivity contribution in [2.75, 3.05) is 25.0 Å². The van der Waals surface area contributed by atoms with Crippen LogP contribution in [0.5, 0.6) is 0 Å². The van der Waals surface area contributed by atoms with Crippen molar-refractivity contribution in [1.82, 2.24) is 4.90 Å². The number of aryl methyl sites for hydroxylation is 2. The minimum Gasteiger partial charge on any atom is -0.327 e. The number of nitrogens with two attached hydrogens (primary N) is 1. The lowest BCUT2D eigenvalue weighted by atomic mass is 9.80. The first-order valence-electron chi connectivity index (χ1n) is 7.63. The smallest absolute Gasteiger partial charge is 0.238 e. The standard InChI is InChI=1S/C17H27N3O.ClH/c1-12-5-6-13(2)14(9-12)19-16(21)10-20-8-7-15(18)17(3,4)11-20;/h5-6,9,15H,7-8,10-11,18H2,1-4H3,(H,19,21);1H. The monoisotopic (exact) mass is 325 g/mol. The summed E-state index contributed by atoms with van der Waals surface area (Å²) in [4.78, 5) is 14.5. The Morgan fingerprint density at radius 1 is 1.41 bits per heavy atom. The third-order valence-electron chi connectivity index (χ3n) is 4.43. The fraction of sp³-hybridized carbons (Fsp3) is 0.588. The number of anilines is 1. The zero-order valence-corrected chi connectivity index (χ0v) is 14.8. The Morgan fingerprint density at radius 2 is 2.09 bits per heavy atom. The predicted molar refractivity (Wildman–Crippen MR) is 94.6 cm³/mol. The Balaban J connectivity index is 0.00000242. The van der Waals surface area contributed by atoms with Crippen molar-refractivity contribution in [2.45, 2.75) is 40.2 Å². The first-order chi connectivity index (χ1) is 9.78. The first kappa shape index (κ1) is 18.9. The number of nitrogens with zero attached hydrogens (tertiary/aromatic N) is 1. The third-order valence-corrected chi connectivity index (χ3v) is 4.43. The van der Waals surface area contributed by atoms with Crippen LogP contribution in [0, 0.1) is 19.3 Å². The highest BCUT2D eigenvalue weighted by Gasteiger charge is 2.33. The third kappa shape index (κ3) is 4.70. The zero-order chi connectivity index (χ0) is 15.6. The van der Waals surface area contributed by atoms with E-state index in [0.29, 0.717) is 6.54 Å². The van der Waals surface area contributed by atoms with Gasteiger partial charge in [0.05, 0.1) is 6.54 Å². The molecule has 0 spiro atoms. The molecule has 1 aromatic rings. The molecular weight excluding hydrogens is 298 g/mol. The van der Waals surface area contributed by atoms with Gasteiger partial charge in [-0.2, -0.15) is 0 Å². The van der Waals surface area contributed by atoms with Gasteiger partial charge >= 0.3 is 0 Å². The van der Waals surface area contributed by atoms with Crippen molar-refractivity contribution in [2.24, 2.45) is 11.1 Å². The molecule has 1 amide bonds. The maximum absolute atomic E-state index is 12.3. The molecule has 22 heavy (non-hydrogen) atoms. The van der Waals surface area contributed by atoms with Crippen LogP contribution in [0.3, 0.4) is 0 Å². The molecule has 1 atom stereocenters. The molecule has 0 aromatic heterocycles. The summed E-state index contributed by atoms with van der Waals surface area (Å²) in [6.07, 6.45) is 0.948. The van der Waals surface area contributed by atoms with Crippen LogP contribution in [-0.4, -0.2) is 36.5 Å². The number of hydrogen-bond donors (Lipinski definition) is 2. The summed E-state index contributed by atoms with van der Waals surface area (Å²) in [7, 11) is 0. The molecule has 3 N–H and O–H groups in total. The highest BCUT2D eigenvalue weighted by atomic mass is 35.5. The number of carbonyl (C=O) groups is 1. The van der Waals surface area contributed by atoms with Gasteiger partial charge in [-0.05, 0) is 42.9 Å². The lowest BCUT2D eigenvalue weighted by Gasteiger charge is -2.42. The van der Waals surface area contributed by atoms with Crippen molar-refractivity contribution >= 4 is 24.0 Å². The van der Waals surface area contributed by atoms with Gasteiger partial charge in [0.15, 0.2) is 0 Å². The number of nitrogens with one attached hydrogen (secondary N) is 1. The normalized spacial score (nSPS) is 21.0. The van der Waals surface area contributed by atoms with Gasteiger partial charge in [0, 0.05) is 24.8 Å². The molecule has 4 nitrogen and oxygen atoms in total. The molecule has 1 heterocycles. The van der Waals surface area contributed by atoms with E-state index in [1.807, 2.05) is 26.0 Å². The summed E-state index contributed by atoms with van der Waals surface area (Å²) in [5, 5.41) is 3.03. The number of amides is 1. The minimum absolute atomic E-state index is 0. The van der Waals surface area contributed by atoms with Crippen molar-refractivity contribution in [3.63, 3.8) is 0 Å². The number of hydrogen-bond acceptors (Lipinski definition) is 3. The van der Waals surface area contributed by atoms with E-state index in [4.69, 9.17) is 5.73 Å². The summed E-state index contributed by atoms with van der Waals surface area (Å²) >= 11 is 0. The average molecular weight is 326 g/mol. The molecule has 1 fully saturated rings. The first-order valence-corrected chi connectivity index (χ1v) is 7.63. The van der Waals surface area contributed by atoms with E-state index in [2.05, 4.69) is 30.1 Å². The Labute approximate surface area is 139 Å². The fourth-order valence-electron chi connectivity index (χ4n) is 2.88. The molecule has 1 unspecified atom stereocenters. The van der Waals surface area contributed by atoms with Crippen LogP contribution in [0.15, 0.2) is 18.2 Å². The lowest BCUT2D eigenvalue weighted by molar-refractivity contribution is -0.118. The Bertz CT molecular complexity index is 531. The molecule has 5 heteroatoms. The van der Waals surface area contributed by atoms with Gasteiger partial charge in [0.25, 0.3) is 0 Å². The molecule has 0 saturated carbocycles. The van der Waals surface area contributed by atoms with Gasteiger partial charge < -0.3 is 11.1 Å². The number of carbonyl (C=O) groups excluding carboxylic acids is 1. The Morgan fingerprint density at radius 3 is 2.73 bits per heavy atom. The summed E-state index contributed by atoms with van der Waals surface area (Å²) < 4.78 is 0. The molecule has 1 aromatic carbocycles. The van der Waals surface area contributed by atoms with Gasteiger partial charge in [-0.15, -0.1) is 12.4 Å².